The SMILES string of the molecule is CC(=O)CCC[C@@H](O)c1cccc(OCC2CCCCC2)c1. The molecular weight excluding hydrogens is 276 g/mol. The van der Waals surface area contributed by atoms with Crippen LogP contribution in [0.1, 0.15) is 70.0 Å². The molecule has 1 N–H and O–H groups in total. The molecule has 0 radical (unpaired) electrons. The quantitative estimate of drug-likeness (QED) is 0.772. The lowest BCUT2D eigenvalue weighted by molar-refractivity contribution is -0.117. The molecule has 1 saturated carbocycles. The molecule has 1 atom stereocenters. The molecular formula is C19H28O3. The maximum atomic E-state index is 10.9. The van der Waals surface area contributed by atoms with Crippen LogP contribution in [-0.4, -0.2) is 17.5 Å². The number of carbonyl (C=O) groups excluding carboxylic acids is 1. The lowest BCUT2D eigenvalue weighted by atomic mass is 9.90. The summed E-state index contributed by atoms with van der Waals surface area (Å²) in [5.41, 5.74) is 0.879. The van der Waals surface area contributed by atoms with Crippen LogP contribution in [0.4, 0.5) is 0 Å². The second-order valence-corrected chi connectivity index (χ2v) is 6.50. The molecule has 0 heterocycles. The van der Waals surface area contributed by atoms with Crippen LogP contribution in [0, 0.1) is 5.92 Å². The van der Waals surface area contributed by atoms with E-state index in [2.05, 4.69) is 0 Å². The number of Topliss-reactive ketones (excluding diaryl/α,β-unsaturated/α-hetero) is 1. The van der Waals surface area contributed by atoms with E-state index in [1.807, 2.05) is 24.3 Å². The minimum Gasteiger partial charge on any atom is -0.493 e. The van der Waals surface area contributed by atoms with E-state index in [9.17, 15) is 9.90 Å². The van der Waals surface area contributed by atoms with Gasteiger partial charge in [0.25, 0.3) is 0 Å². The fraction of sp³-hybridized carbons (Fsp3) is 0.632. The summed E-state index contributed by atoms with van der Waals surface area (Å²) in [6.07, 6.45) is 7.91. The van der Waals surface area contributed by atoms with E-state index in [1.54, 1.807) is 6.92 Å². The Morgan fingerprint density at radius 1 is 1.32 bits per heavy atom. The predicted octanol–water partition coefficient (Wildman–Crippen LogP) is 4.44. The lowest BCUT2D eigenvalue weighted by Crippen LogP contribution is -2.15. The molecule has 1 fully saturated rings. The second-order valence-electron chi connectivity index (χ2n) is 6.50. The van der Waals surface area contributed by atoms with Gasteiger partial charge in [0.15, 0.2) is 0 Å². The van der Waals surface area contributed by atoms with Crippen molar-refractivity contribution in [3.05, 3.63) is 29.8 Å². The Morgan fingerprint density at radius 2 is 2.09 bits per heavy atom. The van der Waals surface area contributed by atoms with Gasteiger partial charge in [0.1, 0.15) is 11.5 Å². The number of ether oxygens (including phenoxy) is 1. The van der Waals surface area contributed by atoms with Gasteiger partial charge in [0, 0.05) is 6.42 Å². The Bertz CT molecular complexity index is 464. The first-order chi connectivity index (χ1) is 10.6. The first-order valence-corrected chi connectivity index (χ1v) is 8.55. The van der Waals surface area contributed by atoms with Crippen molar-refractivity contribution in [2.24, 2.45) is 5.92 Å². The molecule has 0 aliphatic heterocycles. The molecule has 3 heteroatoms. The van der Waals surface area contributed by atoms with Crippen LogP contribution in [0.25, 0.3) is 0 Å². The number of aliphatic hydroxyl groups excluding tert-OH is 1. The number of carbonyl (C=O) groups is 1. The van der Waals surface area contributed by atoms with E-state index in [-0.39, 0.29) is 5.78 Å². The third kappa shape index (κ3) is 5.80. The minimum absolute atomic E-state index is 0.178. The van der Waals surface area contributed by atoms with Crippen molar-refractivity contribution in [1.82, 2.24) is 0 Å². The van der Waals surface area contributed by atoms with E-state index in [0.29, 0.717) is 18.8 Å². The fourth-order valence-electron chi connectivity index (χ4n) is 3.09. The Morgan fingerprint density at radius 3 is 2.82 bits per heavy atom. The van der Waals surface area contributed by atoms with Crippen LogP contribution in [0.15, 0.2) is 24.3 Å². The van der Waals surface area contributed by atoms with Crippen LogP contribution in [0.5, 0.6) is 5.75 Å². The van der Waals surface area contributed by atoms with E-state index < -0.39 is 6.10 Å². The highest BCUT2D eigenvalue weighted by atomic mass is 16.5. The minimum atomic E-state index is -0.516. The van der Waals surface area contributed by atoms with Gasteiger partial charge in [-0.2, -0.15) is 0 Å². The highest BCUT2D eigenvalue weighted by Crippen LogP contribution is 2.26. The number of rotatable bonds is 8. The molecule has 1 aromatic rings. The molecule has 3 nitrogen and oxygen atoms in total. The fourth-order valence-corrected chi connectivity index (χ4v) is 3.09. The van der Waals surface area contributed by atoms with Crippen molar-refractivity contribution in [1.29, 1.82) is 0 Å². The zero-order valence-electron chi connectivity index (χ0n) is 13.6. The largest absolute Gasteiger partial charge is 0.493 e. The van der Waals surface area contributed by atoms with Gasteiger partial charge in [-0.05, 0) is 56.2 Å². The Labute approximate surface area is 133 Å². The number of hydrogen-bond donors (Lipinski definition) is 1. The molecule has 1 aliphatic rings. The molecule has 2 rings (SSSR count). The molecule has 1 aliphatic carbocycles. The molecule has 0 aromatic heterocycles. The highest BCUT2D eigenvalue weighted by Gasteiger charge is 2.14. The van der Waals surface area contributed by atoms with Crippen molar-refractivity contribution in [2.75, 3.05) is 6.61 Å². The molecule has 122 valence electrons. The lowest BCUT2D eigenvalue weighted by Gasteiger charge is -2.22. The molecule has 22 heavy (non-hydrogen) atoms. The van der Waals surface area contributed by atoms with Crippen molar-refractivity contribution >= 4 is 5.78 Å². The maximum absolute atomic E-state index is 10.9. The van der Waals surface area contributed by atoms with Crippen LogP contribution < -0.4 is 4.74 Å². The normalized spacial score (nSPS) is 17.2. The molecule has 0 bridgehead atoms. The molecule has 0 amide bonds. The first-order valence-electron chi connectivity index (χ1n) is 8.55. The summed E-state index contributed by atoms with van der Waals surface area (Å²) in [4.78, 5) is 10.9. The highest BCUT2D eigenvalue weighted by molar-refractivity contribution is 5.75. The van der Waals surface area contributed by atoms with Gasteiger partial charge in [-0.3, -0.25) is 0 Å². The summed E-state index contributed by atoms with van der Waals surface area (Å²) < 4.78 is 5.91. The van der Waals surface area contributed by atoms with E-state index in [4.69, 9.17) is 4.74 Å². The topological polar surface area (TPSA) is 46.5 Å². The van der Waals surface area contributed by atoms with Gasteiger partial charge in [-0.25, -0.2) is 0 Å². The number of aliphatic hydroxyl groups is 1. The van der Waals surface area contributed by atoms with Crippen molar-refractivity contribution in [2.45, 2.75) is 64.4 Å². The van der Waals surface area contributed by atoms with Gasteiger partial charge in [-0.1, -0.05) is 31.4 Å². The van der Waals surface area contributed by atoms with Crippen molar-refractivity contribution < 1.29 is 14.6 Å². The summed E-state index contributed by atoms with van der Waals surface area (Å²) in [7, 11) is 0. The second kappa shape index (κ2) is 8.94. The van der Waals surface area contributed by atoms with Crippen LogP contribution in [-0.2, 0) is 4.79 Å². The van der Waals surface area contributed by atoms with Gasteiger partial charge >= 0.3 is 0 Å². The van der Waals surface area contributed by atoms with Gasteiger partial charge < -0.3 is 14.6 Å². The van der Waals surface area contributed by atoms with Gasteiger partial charge in [0.2, 0.25) is 0 Å². The monoisotopic (exact) mass is 304 g/mol. The predicted molar refractivity (Wildman–Crippen MR) is 88.0 cm³/mol. The average molecular weight is 304 g/mol. The zero-order chi connectivity index (χ0) is 15.8. The molecule has 0 spiro atoms. The average Bonchev–Trinajstić information content (AvgIpc) is 2.54. The Hall–Kier alpha value is -1.35. The number of benzene rings is 1. The van der Waals surface area contributed by atoms with Crippen LogP contribution in [0.3, 0.4) is 0 Å². The van der Waals surface area contributed by atoms with Crippen molar-refractivity contribution in [3.8, 4) is 5.75 Å². The Balaban J connectivity index is 1.81. The summed E-state index contributed by atoms with van der Waals surface area (Å²) >= 11 is 0. The van der Waals surface area contributed by atoms with Crippen molar-refractivity contribution in [3.63, 3.8) is 0 Å². The summed E-state index contributed by atoms with van der Waals surface area (Å²) in [6.45, 7) is 2.37. The van der Waals surface area contributed by atoms with Gasteiger partial charge in [0.05, 0.1) is 12.7 Å². The smallest absolute Gasteiger partial charge is 0.129 e. The van der Waals surface area contributed by atoms with E-state index in [0.717, 1.165) is 24.3 Å². The third-order valence-corrected chi connectivity index (χ3v) is 4.46. The molecule has 0 unspecified atom stereocenters. The van der Waals surface area contributed by atoms with E-state index in [1.165, 1.54) is 32.1 Å². The zero-order valence-corrected chi connectivity index (χ0v) is 13.6. The van der Waals surface area contributed by atoms with Crippen LogP contribution >= 0.6 is 0 Å². The number of hydrogen-bond acceptors (Lipinski definition) is 3. The number of ketones is 1. The summed E-state index contributed by atoms with van der Waals surface area (Å²) in [5.74, 6) is 1.70. The van der Waals surface area contributed by atoms with Crippen LogP contribution in [0.2, 0.25) is 0 Å². The maximum Gasteiger partial charge on any atom is 0.129 e. The third-order valence-electron chi connectivity index (χ3n) is 4.46. The molecule has 0 saturated heterocycles. The van der Waals surface area contributed by atoms with E-state index >= 15 is 0 Å². The Kier molecular flexibility index (Phi) is 6.91. The summed E-state index contributed by atoms with van der Waals surface area (Å²) in [5, 5.41) is 10.2. The summed E-state index contributed by atoms with van der Waals surface area (Å²) in [6, 6.07) is 7.74. The first kappa shape index (κ1) is 17.0. The molecule has 1 aromatic carbocycles. The standard InChI is InChI=1S/C19H28O3/c1-15(20)7-5-12-19(21)17-10-6-11-18(13-17)22-14-16-8-3-2-4-9-16/h6,10-11,13,16,19,21H,2-5,7-9,12,14H2,1H3/t19-/m1/s1. The van der Waals surface area contributed by atoms with Gasteiger partial charge in [-0.15, -0.1) is 0 Å².